The zero-order chi connectivity index (χ0) is 23.4. The second-order valence-corrected chi connectivity index (χ2v) is 8.06. The average molecular weight is 466 g/mol. The first-order chi connectivity index (χ1) is 16.0. The van der Waals surface area contributed by atoms with Crippen molar-refractivity contribution in [3.05, 3.63) is 82.5 Å². The van der Waals surface area contributed by atoms with Crippen LogP contribution in [0.3, 0.4) is 0 Å². The Morgan fingerprint density at radius 2 is 1.88 bits per heavy atom. The van der Waals surface area contributed by atoms with E-state index in [0.717, 1.165) is 11.3 Å². The summed E-state index contributed by atoms with van der Waals surface area (Å²) in [4.78, 5) is 31.5. The number of nitrogens with zero attached hydrogens (tertiary/aromatic N) is 2. The van der Waals surface area contributed by atoms with Crippen LogP contribution >= 0.6 is 11.6 Å². The first kappa shape index (κ1) is 22.6. The number of fused-ring (bicyclic) bond motifs is 1. The molecule has 2 aromatic carbocycles. The molecule has 1 unspecified atom stereocenters. The maximum absolute atomic E-state index is 13.2. The quantitative estimate of drug-likeness (QED) is 0.583. The van der Waals surface area contributed by atoms with Gasteiger partial charge in [-0.2, -0.15) is 0 Å². The van der Waals surface area contributed by atoms with Crippen LogP contribution in [0.1, 0.15) is 29.8 Å². The molecule has 33 heavy (non-hydrogen) atoms. The predicted octanol–water partition coefficient (Wildman–Crippen LogP) is 4.41. The molecule has 1 N–H and O–H groups in total. The summed E-state index contributed by atoms with van der Waals surface area (Å²) >= 11 is 6.17. The van der Waals surface area contributed by atoms with Gasteiger partial charge in [0.05, 0.1) is 12.8 Å². The molecule has 8 heteroatoms. The van der Waals surface area contributed by atoms with Crippen LogP contribution in [0.2, 0.25) is 5.02 Å². The summed E-state index contributed by atoms with van der Waals surface area (Å²) in [7, 11) is 1.55. The van der Waals surface area contributed by atoms with Crippen molar-refractivity contribution in [2.24, 2.45) is 0 Å². The Kier molecular flexibility index (Phi) is 6.79. The number of anilines is 1. The number of nitrogens with one attached hydrogen (secondary N) is 1. The van der Waals surface area contributed by atoms with E-state index in [-0.39, 0.29) is 11.8 Å². The van der Waals surface area contributed by atoms with Crippen molar-refractivity contribution < 1.29 is 19.1 Å². The van der Waals surface area contributed by atoms with Crippen LogP contribution in [0.5, 0.6) is 11.6 Å². The van der Waals surface area contributed by atoms with Crippen LogP contribution in [-0.2, 0) is 22.6 Å². The molecule has 0 fully saturated rings. The molecule has 4 rings (SSSR count). The summed E-state index contributed by atoms with van der Waals surface area (Å²) in [6.45, 7) is 2.22. The molecule has 0 spiro atoms. The highest BCUT2D eigenvalue weighted by Crippen LogP contribution is 2.31. The number of ether oxygens (including phenoxy) is 2. The van der Waals surface area contributed by atoms with E-state index in [0.29, 0.717) is 47.5 Å². The Labute approximate surface area is 197 Å². The van der Waals surface area contributed by atoms with Crippen molar-refractivity contribution >= 4 is 29.1 Å². The lowest BCUT2D eigenvalue weighted by Crippen LogP contribution is -2.44. The predicted molar refractivity (Wildman–Crippen MR) is 125 cm³/mol. The molecule has 2 heterocycles. The van der Waals surface area contributed by atoms with Crippen molar-refractivity contribution in [2.75, 3.05) is 19.0 Å². The maximum atomic E-state index is 13.2. The molecule has 0 saturated heterocycles. The summed E-state index contributed by atoms with van der Waals surface area (Å²) < 4.78 is 11.0. The zero-order valence-electron chi connectivity index (χ0n) is 18.4. The molecule has 0 saturated carbocycles. The molecule has 7 nitrogen and oxygen atoms in total. The van der Waals surface area contributed by atoms with Gasteiger partial charge in [-0.1, -0.05) is 29.8 Å². The lowest BCUT2D eigenvalue weighted by atomic mass is 9.95. The molecule has 0 aliphatic carbocycles. The van der Waals surface area contributed by atoms with Gasteiger partial charge < -0.3 is 19.7 Å². The van der Waals surface area contributed by atoms with Gasteiger partial charge in [-0.05, 0) is 36.4 Å². The van der Waals surface area contributed by atoms with E-state index < -0.39 is 6.04 Å². The van der Waals surface area contributed by atoms with Crippen molar-refractivity contribution in [3.63, 3.8) is 0 Å². The highest BCUT2D eigenvalue weighted by molar-refractivity contribution is 6.31. The van der Waals surface area contributed by atoms with Gasteiger partial charge >= 0.3 is 0 Å². The van der Waals surface area contributed by atoms with Gasteiger partial charge in [0.1, 0.15) is 18.4 Å². The Hall–Kier alpha value is -3.58. The Balaban J connectivity index is 1.47. The molecule has 0 radical (unpaired) electrons. The minimum Gasteiger partial charge on any atom is -0.489 e. The molecule has 1 atom stereocenters. The van der Waals surface area contributed by atoms with E-state index in [9.17, 15) is 9.59 Å². The van der Waals surface area contributed by atoms with E-state index in [1.807, 2.05) is 24.3 Å². The van der Waals surface area contributed by atoms with Gasteiger partial charge in [0, 0.05) is 47.8 Å². The Morgan fingerprint density at radius 3 is 2.58 bits per heavy atom. The SMILES string of the molecule is COc1ccc2c(n1)CCN(C(C)=O)C2C(=O)Nc1ccc(OCc2ccccc2Cl)cc1. The maximum Gasteiger partial charge on any atom is 0.251 e. The van der Waals surface area contributed by atoms with Crippen molar-refractivity contribution in [3.8, 4) is 11.6 Å². The van der Waals surface area contributed by atoms with Crippen molar-refractivity contribution in [2.45, 2.75) is 26.0 Å². The number of hydrogen-bond donors (Lipinski definition) is 1. The number of aromatic nitrogens is 1. The number of halogens is 1. The van der Waals surface area contributed by atoms with Gasteiger partial charge in [0.25, 0.3) is 5.91 Å². The van der Waals surface area contributed by atoms with Gasteiger partial charge in [0.15, 0.2) is 0 Å². The number of benzene rings is 2. The fraction of sp³-hybridized carbons (Fsp3) is 0.240. The first-order valence-corrected chi connectivity index (χ1v) is 10.9. The lowest BCUT2D eigenvalue weighted by Gasteiger charge is -2.35. The third-order valence-electron chi connectivity index (χ3n) is 5.52. The van der Waals surface area contributed by atoms with Gasteiger partial charge in [0.2, 0.25) is 11.8 Å². The monoisotopic (exact) mass is 465 g/mol. The topological polar surface area (TPSA) is 80.8 Å². The summed E-state index contributed by atoms with van der Waals surface area (Å²) in [6, 6.07) is 17.3. The van der Waals surface area contributed by atoms with E-state index in [2.05, 4.69) is 10.3 Å². The van der Waals surface area contributed by atoms with Crippen molar-refractivity contribution in [1.29, 1.82) is 0 Å². The van der Waals surface area contributed by atoms with E-state index in [1.165, 1.54) is 6.92 Å². The number of carbonyl (C=O) groups excluding carboxylic acids is 2. The lowest BCUT2D eigenvalue weighted by molar-refractivity contribution is -0.137. The molecule has 1 aromatic heterocycles. The van der Waals surface area contributed by atoms with E-state index >= 15 is 0 Å². The summed E-state index contributed by atoms with van der Waals surface area (Å²) in [5.74, 6) is 0.664. The number of carbonyl (C=O) groups is 2. The third-order valence-corrected chi connectivity index (χ3v) is 5.88. The van der Waals surface area contributed by atoms with Crippen LogP contribution in [0.15, 0.2) is 60.7 Å². The molecule has 1 aliphatic rings. The summed E-state index contributed by atoms with van der Waals surface area (Å²) in [5, 5.41) is 3.56. The molecule has 1 aliphatic heterocycles. The van der Waals surface area contributed by atoms with E-state index in [1.54, 1.807) is 48.4 Å². The molecule has 170 valence electrons. The number of rotatable bonds is 6. The Bertz CT molecular complexity index is 1170. The minimum absolute atomic E-state index is 0.167. The second-order valence-electron chi connectivity index (χ2n) is 7.65. The minimum atomic E-state index is -0.763. The standard InChI is InChI=1S/C25H24ClN3O4/c1-16(30)29-14-13-22-20(11-12-23(28-22)32-2)24(29)25(31)27-18-7-9-19(10-8-18)33-15-17-5-3-4-6-21(17)26/h3-12,24H,13-15H2,1-2H3,(H,27,31). The largest absolute Gasteiger partial charge is 0.489 e. The number of amides is 2. The van der Waals surface area contributed by atoms with Gasteiger partial charge in [-0.15, -0.1) is 0 Å². The number of hydrogen-bond acceptors (Lipinski definition) is 5. The number of pyridine rings is 1. The average Bonchev–Trinajstić information content (AvgIpc) is 2.83. The third kappa shape index (κ3) is 5.09. The van der Waals surface area contributed by atoms with Gasteiger partial charge in [-0.3, -0.25) is 9.59 Å². The summed E-state index contributed by atoms with van der Waals surface area (Å²) in [6.07, 6.45) is 0.563. The molecular weight excluding hydrogens is 442 g/mol. The smallest absolute Gasteiger partial charge is 0.251 e. The highest BCUT2D eigenvalue weighted by atomic mass is 35.5. The molecule has 2 amide bonds. The molecule has 3 aromatic rings. The Morgan fingerprint density at radius 1 is 1.12 bits per heavy atom. The summed E-state index contributed by atoms with van der Waals surface area (Å²) in [5.41, 5.74) is 2.95. The van der Waals surface area contributed by atoms with Crippen LogP contribution in [0.4, 0.5) is 5.69 Å². The fourth-order valence-corrected chi connectivity index (χ4v) is 4.01. The zero-order valence-corrected chi connectivity index (χ0v) is 19.1. The van der Waals surface area contributed by atoms with Crippen LogP contribution in [-0.4, -0.2) is 35.4 Å². The van der Waals surface area contributed by atoms with Crippen molar-refractivity contribution in [1.82, 2.24) is 9.88 Å². The fourth-order valence-electron chi connectivity index (χ4n) is 3.82. The first-order valence-electron chi connectivity index (χ1n) is 10.5. The molecule has 0 bridgehead atoms. The van der Waals surface area contributed by atoms with Crippen LogP contribution < -0.4 is 14.8 Å². The highest BCUT2D eigenvalue weighted by Gasteiger charge is 2.35. The van der Waals surface area contributed by atoms with E-state index in [4.69, 9.17) is 21.1 Å². The second kappa shape index (κ2) is 9.92. The van der Waals surface area contributed by atoms with Crippen LogP contribution in [0.25, 0.3) is 0 Å². The molecular formula is C25H24ClN3O4. The normalized spacial score (nSPS) is 14.9. The van der Waals surface area contributed by atoms with Gasteiger partial charge in [-0.25, -0.2) is 4.98 Å². The number of methoxy groups -OCH3 is 1. The van der Waals surface area contributed by atoms with Crippen LogP contribution in [0, 0.1) is 0 Å².